The quantitative estimate of drug-likeness (QED) is 0.909. The first-order valence-corrected chi connectivity index (χ1v) is 8.34. The highest BCUT2D eigenvalue weighted by Gasteiger charge is 2.40. The van der Waals surface area contributed by atoms with Gasteiger partial charge in [-0.15, -0.1) is 0 Å². The van der Waals surface area contributed by atoms with Crippen molar-refractivity contribution in [3.63, 3.8) is 0 Å². The summed E-state index contributed by atoms with van der Waals surface area (Å²) in [4.78, 5) is 26.0. The molecule has 3 rings (SSSR count). The topological polar surface area (TPSA) is 66.8 Å². The number of carboxylic acid groups (broad SMARTS) is 1. The number of benzene rings is 2. The number of hydrogen-bond acceptors (Lipinski definition) is 3. The monoisotopic (exact) mass is 339 g/mol. The first-order valence-electron chi connectivity index (χ1n) is 8.34. The molecule has 1 unspecified atom stereocenters. The van der Waals surface area contributed by atoms with Gasteiger partial charge in [0, 0.05) is 18.7 Å². The Labute approximate surface area is 146 Å². The lowest BCUT2D eigenvalue weighted by molar-refractivity contribution is -0.143. The van der Waals surface area contributed by atoms with E-state index in [0.717, 1.165) is 5.56 Å². The molecule has 1 heterocycles. The van der Waals surface area contributed by atoms with Crippen LogP contribution in [0.3, 0.4) is 0 Å². The van der Waals surface area contributed by atoms with Crippen molar-refractivity contribution < 1.29 is 19.4 Å². The Kier molecular flexibility index (Phi) is 5.03. The van der Waals surface area contributed by atoms with Crippen molar-refractivity contribution in [3.05, 3.63) is 66.2 Å². The molecule has 5 heteroatoms. The predicted molar refractivity (Wildman–Crippen MR) is 93.1 cm³/mol. The van der Waals surface area contributed by atoms with Gasteiger partial charge in [-0.1, -0.05) is 55.5 Å². The van der Waals surface area contributed by atoms with Crippen LogP contribution in [-0.2, 0) is 9.59 Å². The Morgan fingerprint density at radius 2 is 1.64 bits per heavy atom. The second-order valence-electron chi connectivity index (χ2n) is 6.39. The van der Waals surface area contributed by atoms with E-state index in [1.54, 1.807) is 17.0 Å². The Balaban J connectivity index is 1.84. The van der Waals surface area contributed by atoms with E-state index in [9.17, 15) is 14.7 Å². The van der Waals surface area contributed by atoms with Crippen molar-refractivity contribution in [1.82, 2.24) is 4.90 Å². The molecule has 3 atom stereocenters. The smallest absolute Gasteiger partial charge is 0.308 e. The van der Waals surface area contributed by atoms with E-state index >= 15 is 0 Å². The van der Waals surface area contributed by atoms with Crippen LogP contribution in [0, 0.1) is 11.8 Å². The first kappa shape index (κ1) is 17.0. The fourth-order valence-corrected chi connectivity index (χ4v) is 3.16. The van der Waals surface area contributed by atoms with Crippen LogP contribution in [0.5, 0.6) is 5.75 Å². The molecule has 1 amide bonds. The maximum Gasteiger partial charge on any atom is 0.308 e. The number of nitrogens with zero attached hydrogens (tertiary/aromatic N) is 1. The van der Waals surface area contributed by atoms with Crippen LogP contribution in [-0.4, -0.2) is 35.0 Å². The van der Waals surface area contributed by atoms with E-state index in [0.29, 0.717) is 12.3 Å². The number of hydrogen-bond donors (Lipinski definition) is 1. The molecule has 25 heavy (non-hydrogen) atoms. The van der Waals surface area contributed by atoms with Crippen molar-refractivity contribution >= 4 is 11.9 Å². The molecule has 130 valence electrons. The molecule has 0 bridgehead atoms. The highest BCUT2D eigenvalue weighted by atomic mass is 16.5. The van der Waals surface area contributed by atoms with Crippen LogP contribution in [0.15, 0.2) is 60.7 Å². The third kappa shape index (κ3) is 3.82. The first-order chi connectivity index (χ1) is 12.1. The van der Waals surface area contributed by atoms with Crippen LogP contribution in [0.4, 0.5) is 0 Å². The summed E-state index contributed by atoms with van der Waals surface area (Å²) in [5, 5.41) is 9.30. The molecule has 0 spiro atoms. The van der Waals surface area contributed by atoms with Gasteiger partial charge in [-0.2, -0.15) is 0 Å². The van der Waals surface area contributed by atoms with Gasteiger partial charge in [-0.25, -0.2) is 0 Å². The highest BCUT2D eigenvalue weighted by Crippen LogP contribution is 2.29. The average Bonchev–Trinajstić information content (AvgIpc) is 3.03. The Morgan fingerprint density at radius 3 is 2.20 bits per heavy atom. The van der Waals surface area contributed by atoms with Crippen molar-refractivity contribution in [2.24, 2.45) is 11.8 Å². The molecule has 1 saturated heterocycles. The Bertz CT molecular complexity index is 732. The van der Waals surface area contributed by atoms with E-state index in [2.05, 4.69) is 0 Å². The number of carbonyl (C=O) groups is 2. The number of amides is 1. The van der Waals surface area contributed by atoms with Gasteiger partial charge in [-0.3, -0.25) is 9.59 Å². The number of rotatable bonds is 5. The van der Waals surface area contributed by atoms with Crippen LogP contribution >= 0.6 is 0 Å². The molecule has 1 fully saturated rings. The summed E-state index contributed by atoms with van der Waals surface area (Å²) in [7, 11) is 0. The van der Waals surface area contributed by atoms with Crippen molar-refractivity contribution in [1.29, 1.82) is 0 Å². The lowest BCUT2D eigenvalue weighted by Crippen LogP contribution is -2.36. The molecular formula is C20H21NO4. The fraction of sp³-hybridized carbons (Fsp3) is 0.300. The predicted octanol–water partition coefficient (Wildman–Crippen LogP) is 2.99. The summed E-state index contributed by atoms with van der Waals surface area (Å²) in [6, 6.07) is 18.5. The standard InChI is InChI=1S/C20H21NO4/c1-14-12-21(13-17(14)20(23)24)19(22)18(15-8-4-2-5-9-15)25-16-10-6-3-7-11-16/h2-11,14,17-18H,12-13H2,1H3,(H,23,24)/t14-,17-,18?/m1/s1. The second kappa shape index (κ2) is 7.38. The number of carbonyl (C=O) groups excluding carboxylic acids is 1. The van der Waals surface area contributed by atoms with Gasteiger partial charge >= 0.3 is 5.97 Å². The van der Waals surface area contributed by atoms with Crippen molar-refractivity contribution in [2.75, 3.05) is 13.1 Å². The molecule has 0 aliphatic carbocycles. The van der Waals surface area contributed by atoms with Gasteiger partial charge in [0.15, 0.2) is 0 Å². The minimum absolute atomic E-state index is 0.0744. The zero-order valence-electron chi connectivity index (χ0n) is 14.0. The molecule has 0 radical (unpaired) electrons. The van der Waals surface area contributed by atoms with E-state index < -0.39 is 18.0 Å². The van der Waals surface area contributed by atoms with Gasteiger partial charge in [-0.05, 0) is 18.1 Å². The number of carboxylic acids is 1. The zero-order chi connectivity index (χ0) is 17.8. The van der Waals surface area contributed by atoms with Gasteiger partial charge in [0.05, 0.1) is 5.92 Å². The molecule has 1 aliphatic rings. The Hall–Kier alpha value is -2.82. The lowest BCUT2D eigenvalue weighted by Gasteiger charge is -2.24. The normalized spacial score (nSPS) is 20.9. The largest absolute Gasteiger partial charge is 0.481 e. The van der Waals surface area contributed by atoms with E-state index in [4.69, 9.17) is 4.74 Å². The van der Waals surface area contributed by atoms with E-state index in [1.807, 2.05) is 55.5 Å². The minimum atomic E-state index is -0.858. The van der Waals surface area contributed by atoms with Gasteiger partial charge in [0.1, 0.15) is 5.75 Å². The maximum absolute atomic E-state index is 13.1. The van der Waals surface area contributed by atoms with Crippen molar-refractivity contribution in [3.8, 4) is 5.75 Å². The summed E-state index contributed by atoms with van der Waals surface area (Å²) < 4.78 is 5.97. The SMILES string of the molecule is C[C@@H]1CN(C(=O)C(Oc2ccccc2)c2ccccc2)C[C@H]1C(=O)O. The van der Waals surface area contributed by atoms with Crippen LogP contribution in [0.1, 0.15) is 18.6 Å². The van der Waals surface area contributed by atoms with Gasteiger partial charge in [0.2, 0.25) is 6.10 Å². The fourth-order valence-electron chi connectivity index (χ4n) is 3.16. The molecule has 0 aromatic heterocycles. The lowest BCUT2D eigenvalue weighted by atomic mass is 9.99. The molecule has 1 N–H and O–H groups in total. The summed E-state index contributed by atoms with van der Waals surface area (Å²) in [5.41, 5.74) is 0.753. The number of para-hydroxylation sites is 1. The maximum atomic E-state index is 13.1. The Morgan fingerprint density at radius 1 is 1.04 bits per heavy atom. The summed E-state index contributed by atoms with van der Waals surface area (Å²) in [6.45, 7) is 2.51. The molecule has 0 saturated carbocycles. The van der Waals surface area contributed by atoms with Gasteiger partial charge in [0.25, 0.3) is 5.91 Å². The average molecular weight is 339 g/mol. The summed E-state index contributed by atoms with van der Waals surface area (Å²) >= 11 is 0. The molecule has 5 nitrogen and oxygen atoms in total. The third-order valence-corrected chi connectivity index (χ3v) is 4.56. The van der Waals surface area contributed by atoms with Crippen LogP contribution < -0.4 is 4.74 Å². The molecular weight excluding hydrogens is 318 g/mol. The summed E-state index contributed by atoms with van der Waals surface area (Å²) in [5.74, 6) is -1.06. The van der Waals surface area contributed by atoms with Gasteiger partial charge < -0.3 is 14.7 Å². The highest BCUT2D eigenvalue weighted by molar-refractivity contribution is 5.84. The molecule has 1 aliphatic heterocycles. The second-order valence-corrected chi connectivity index (χ2v) is 6.39. The minimum Gasteiger partial charge on any atom is -0.481 e. The molecule has 2 aromatic rings. The van der Waals surface area contributed by atoms with Crippen LogP contribution in [0.25, 0.3) is 0 Å². The number of ether oxygens (including phenoxy) is 1. The molecule has 2 aromatic carbocycles. The van der Waals surface area contributed by atoms with E-state index in [-0.39, 0.29) is 18.4 Å². The number of likely N-dealkylation sites (tertiary alicyclic amines) is 1. The third-order valence-electron chi connectivity index (χ3n) is 4.56. The number of aliphatic carboxylic acids is 1. The summed E-state index contributed by atoms with van der Waals surface area (Å²) in [6.07, 6.45) is -0.789. The van der Waals surface area contributed by atoms with Crippen LogP contribution in [0.2, 0.25) is 0 Å². The van der Waals surface area contributed by atoms with E-state index in [1.165, 1.54) is 0 Å². The zero-order valence-corrected chi connectivity index (χ0v) is 14.0. The van der Waals surface area contributed by atoms with Crippen molar-refractivity contribution in [2.45, 2.75) is 13.0 Å².